The number of nitriles is 1. The molecule has 3 heterocycles. The van der Waals surface area contributed by atoms with E-state index >= 15 is 0 Å². The van der Waals surface area contributed by atoms with Gasteiger partial charge < -0.3 is 5.32 Å². The zero-order valence-corrected chi connectivity index (χ0v) is 14.3. The topological polar surface area (TPSA) is 78.9 Å². The molecule has 0 bridgehead atoms. The molecule has 24 heavy (non-hydrogen) atoms. The molecule has 3 aromatic rings. The summed E-state index contributed by atoms with van der Waals surface area (Å²) >= 11 is 0. The van der Waals surface area contributed by atoms with Crippen LogP contribution in [0.3, 0.4) is 0 Å². The Hall–Kier alpha value is -2.94. The van der Waals surface area contributed by atoms with Gasteiger partial charge in [-0.05, 0) is 24.5 Å². The van der Waals surface area contributed by atoms with Crippen molar-refractivity contribution in [2.75, 3.05) is 11.9 Å². The van der Waals surface area contributed by atoms with E-state index < -0.39 is 0 Å². The third-order valence-electron chi connectivity index (χ3n) is 3.62. The van der Waals surface area contributed by atoms with Crippen molar-refractivity contribution in [3.63, 3.8) is 0 Å². The standard InChI is InChI=1S/C18H20N6/c1-12-8-21-17(23-16(12)22-11-18(2,3)4)14-9-20-15-6-5-13(7-19)10-24(14)15/h5-6,8-10H,11H2,1-4H3,(H,21,22,23). The molecule has 3 rings (SSSR count). The Balaban J connectivity index is 2.02. The van der Waals surface area contributed by atoms with E-state index in [4.69, 9.17) is 5.26 Å². The fourth-order valence-electron chi connectivity index (χ4n) is 2.31. The molecular weight excluding hydrogens is 300 g/mol. The van der Waals surface area contributed by atoms with Crippen LogP contribution in [0.25, 0.3) is 17.2 Å². The zero-order valence-electron chi connectivity index (χ0n) is 14.3. The molecule has 0 aliphatic heterocycles. The van der Waals surface area contributed by atoms with Gasteiger partial charge in [-0.3, -0.25) is 4.40 Å². The molecule has 0 spiro atoms. The molecule has 122 valence electrons. The van der Waals surface area contributed by atoms with Gasteiger partial charge in [0.25, 0.3) is 0 Å². The lowest BCUT2D eigenvalue weighted by molar-refractivity contribution is 0.442. The first-order valence-corrected chi connectivity index (χ1v) is 7.82. The van der Waals surface area contributed by atoms with Crippen LogP contribution in [-0.4, -0.2) is 25.9 Å². The highest BCUT2D eigenvalue weighted by atomic mass is 15.1. The van der Waals surface area contributed by atoms with Gasteiger partial charge in [-0.15, -0.1) is 0 Å². The quantitative estimate of drug-likeness (QED) is 0.800. The maximum atomic E-state index is 9.10. The lowest BCUT2D eigenvalue weighted by atomic mass is 9.97. The first-order chi connectivity index (χ1) is 11.4. The monoisotopic (exact) mass is 320 g/mol. The Morgan fingerprint density at radius 1 is 1.21 bits per heavy atom. The van der Waals surface area contributed by atoms with Crippen LogP contribution in [0.5, 0.6) is 0 Å². The summed E-state index contributed by atoms with van der Waals surface area (Å²) in [6.07, 6.45) is 5.29. The molecule has 0 amide bonds. The number of nitrogens with one attached hydrogen (secondary N) is 1. The normalized spacial score (nSPS) is 11.5. The van der Waals surface area contributed by atoms with E-state index in [0.717, 1.165) is 29.3 Å². The summed E-state index contributed by atoms with van der Waals surface area (Å²) in [5, 5.41) is 12.5. The molecule has 0 aliphatic rings. The Kier molecular flexibility index (Phi) is 3.94. The van der Waals surface area contributed by atoms with Gasteiger partial charge in [-0.25, -0.2) is 15.0 Å². The summed E-state index contributed by atoms with van der Waals surface area (Å²) < 4.78 is 1.84. The number of fused-ring (bicyclic) bond motifs is 1. The number of hydrogen-bond donors (Lipinski definition) is 1. The lowest BCUT2D eigenvalue weighted by Gasteiger charge is -2.20. The molecule has 1 N–H and O–H groups in total. The summed E-state index contributed by atoms with van der Waals surface area (Å²) in [7, 11) is 0. The molecule has 6 heteroatoms. The molecule has 0 saturated heterocycles. The average molecular weight is 320 g/mol. The van der Waals surface area contributed by atoms with Crippen LogP contribution in [0.15, 0.2) is 30.7 Å². The summed E-state index contributed by atoms with van der Waals surface area (Å²) in [5.41, 5.74) is 3.25. The third kappa shape index (κ3) is 3.20. The Labute approximate surface area is 141 Å². The summed E-state index contributed by atoms with van der Waals surface area (Å²) in [6, 6.07) is 5.71. The van der Waals surface area contributed by atoms with Crippen molar-refractivity contribution < 1.29 is 0 Å². The smallest absolute Gasteiger partial charge is 0.180 e. The minimum Gasteiger partial charge on any atom is -0.369 e. The summed E-state index contributed by atoms with van der Waals surface area (Å²) in [5.74, 6) is 1.40. The van der Waals surface area contributed by atoms with Crippen molar-refractivity contribution in [1.82, 2.24) is 19.4 Å². The number of pyridine rings is 1. The maximum Gasteiger partial charge on any atom is 0.180 e. The lowest BCUT2D eigenvalue weighted by Crippen LogP contribution is -2.20. The largest absolute Gasteiger partial charge is 0.369 e. The van der Waals surface area contributed by atoms with Crippen molar-refractivity contribution in [3.8, 4) is 17.6 Å². The molecule has 0 saturated carbocycles. The molecule has 0 aromatic carbocycles. The van der Waals surface area contributed by atoms with Crippen LogP contribution in [0, 0.1) is 23.7 Å². The predicted octanol–water partition coefficient (Wildman–Crippen LogP) is 3.43. The summed E-state index contributed by atoms with van der Waals surface area (Å²) in [4.78, 5) is 13.5. The second-order valence-corrected chi connectivity index (χ2v) is 7.04. The first-order valence-electron chi connectivity index (χ1n) is 7.82. The van der Waals surface area contributed by atoms with Crippen molar-refractivity contribution in [3.05, 3.63) is 41.9 Å². The van der Waals surface area contributed by atoms with E-state index in [1.807, 2.05) is 17.4 Å². The number of hydrogen-bond acceptors (Lipinski definition) is 5. The van der Waals surface area contributed by atoms with Gasteiger partial charge in [0.05, 0.1) is 11.8 Å². The minimum atomic E-state index is 0.155. The van der Waals surface area contributed by atoms with Crippen LogP contribution < -0.4 is 5.32 Å². The molecule has 0 radical (unpaired) electrons. The average Bonchev–Trinajstić information content (AvgIpc) is 2.96. The first kappa shape index (κ1) is 15.9. The van der Waals surface area contributed by atoms with Gasteiger partial charge in [0, 0.05) is 24.5 Å². The van der Waals surface area contributed by atoms with Gasteiger partial charge in [0.1, 0.15) is 23.2 Å². The zero-order chi connectivity index (χ0) is 17.3. The second kappa shape index (κ2) is 5.93. The summed E-state index contributed by atoms with van der Waals surface area (Å²) in [6.45, 7) is 9.31. The van der Waals surface area contributed by atoms with Gasteiger partial charge in [0.2, 0.25) is 0 Å². The van der Waals surface area contributed by atoms with Gasteiger partial charge in [-0.2, -0.15) is 5.26 Å². The van der Waals surface area contributed by atoms with Crippen molar-refractivity contribution in [1.29, 1.82) is 5.26 Å². The fourth-order valence-corrected chi connectivity index (χ4v) is 2.31. The molecule has 0 atom stereocenters. The van der Waals surface area contributed by atoms with Crippen molar-refractivity contribution in [2.24, 2.45) is 5.41 Å². The third-order valence-corrected chi connectivity index (χ3v) is 3.62. The van der Waals surface area contributed by atoms with E-state index in [-0.39, 0.29) is 5.41 Å². The van der Waals surface area contributed by atoms with Crippen LogP contribution in [0.1, 0.15) is 31.9 Å². The van der Waals surface area contributed by atoms with Crippen LogP contribution in [0.4, 0.5) is 5.82 Å². The minimum absolute atomic E-state index is 0.155. The highest BCUT2D eigenvalue weighted by Crippen LogP contribution is 2.22. The predicted molar refractivity (Wildman–Crippen MR) is 93.6 cm³/mol. The van der Waals surface area contributed by atoms with E-state index in [9.17, 15) is 0 Å². The van der Waals surface area contributed by atoms with Crippen LogP contribution in [-0.2, 0) is 0 Å². The molecule has 6 nitrogen and oxygen atoms in total. The van der Waals surface area contributed by atoms with Crippen LogP contribution in [0.2, 0.25) is 0 Å². The molecule has 0 unspecified atom stereocenters. The Bertz CT molecular complexity index is 927. The second-order valence-electron chi connectivity index (χ2n) is 7.04. The molecule has 3 aromatic heterocycles. The van der Waals surface area contributed by atoms with Gasteiger partial charge >= 0.3 is 0 Å². The fraction of sp³-hybridized carbons (Fsp3) is 0.333. The number of rotatable bonds is 3. The van der Waals surface area contributed by atoms with E-state index in [1.54, 1.807) is 24.7 Å². The number of imidazole rings is 1. The van der Waals surface area contributed by atoms with Crippen molar-refractivity contribution in [2.45, 2.75) is 27.7 Å². The maximum absolute atomic E-state index is 9.10. The van der Waals surface area contributed by atoms with E-state index in [1.165, 1.54) is 0 Å². The van der Waals surface area contributed by atoms with Gasteiger partial charge in [-0.1, -0.05) is 20.8 Å². The number of anilines is 1. The van der Waals surface area contributed by atoms with Crippen molar-refractivity contribution >= 4 is 11.5 Å². The number of aryl methyl sites for hydroxylation is 1. The molecule has 0 fully saturated rings. The van der Waals surface area contributed by atoms with E-state index in [0.29, 0.717) is 11.4 Å². The Morgan fingerprint density at radius 2 is 2.00 bits per heavy atom. The number of aromatic nitrogens is 4. The SMILES string of the molecule is Cc1cnc(-c2cnc3ccc(C#N)cn23)nc1NCC(C)(C)C. The van der Waals surface area contributed by atoms with Crippen LogP contribution >= 0.6 is 0 Å². The van der Waals surface area contributed by atoms with E-state index in [2.05, 4.69) is 47.1 Å². The number of nitrogens with zero attached hydrogens (tertiary/aromatic N) is 5. The van der Waals surface area contributed by atoms with Gasteiger partial charge in [0.15, 0.2) is 5.82 Å². The molecule has 0 aliphatic carbocycles. The Morgan fingerprint density at radius 3 is 2.71 bits per heavy atom. The highest BCUT2D eigenvalue weighted by molar-refractivity contribution is 5.60. The molecular formula is C18H20N6. The highest BCUT2D eigenvalue weighted by Gasteiger charge is 2.14.